The van der Waals surface area contributed by atoms with E-state index in [0.29, 0.717) is 10.7 Å². The normalized spacial score (nSPS) is 10.5. The van der Waals surface area contributed by atoms with Gasteiger partial charge in [0, 0.05) is 15.9 Å². The Balaban J connectivity index is 2.68. The van der Waals surface area contributed by atoms with Gasteiger partial charge in [0.2, 0.25) is 0 Å². The van der Waals surface area contributed by atoms with Gasteiger partial charge in [-0.2, -0.15) is 0 Å². The molecule has 66 valence electrons. The smallest absolute Gasteiger partial charge is 0.131 e. The van der Waals surface area contributed by atoms with Crippen LogP contribution < -0.4 is 0 Å². The number of benzene rings is 1. The third-order valence-corrected chi connectivity index (χ3v) is 2.13. The number of fused-ring (bicyclic) bond motifs is 1. The lowest BCUT2D eigenvalue weighted by atomic mass is 10.2. The summed E-state index contributed by atoms with van der Waals surface area (Å²) in [5.41, 5.74) is 1.56. The number of halogens is 1. The van der Waals surface area contributed by atoms with Crippen molar-refractivity contribution in [2.45, 2.75) is 0 Å². The molecule has 0 bridgehead atoms. The van der Waals surface area contributed by atoms with Crippen LogP contribution in [0.25, 0.3) is 16.7 Å². The average molecular weight is 194 g/mol. The van der Waals surface area contributed by atoms with E-state index in [1.54, 1.807) is 6.07 Å². The number of aliphatic hydroxyl groups is 1. The Morgan fingerprint density at radius 2 is 2.15 bits per heavy atom. The third-order valence-electron chi connectivity index (χ3n) is 1.89. The number of aliphatic hydroxyl groups excluding tert-OH is 1. The summed E-state index contributed by atoms with van der Waals surface area (Å²) in [6.07, 6.45) is 0. The molecule has 0 saturated heterocycles. The highest BCUT2D eigenvalue weighted by Gasteiger charge is 2.02. The summed E-state index contributed by atoms with van der Waals surface area (Å²) < 4.78 is 0. The number of nitrogens with one attached hydrogen (secondary N) is 1. The topological polar surface area (TPSA) is 36.0 Å². The lowest BCUT2D eigenvalue weighted by Crippen LogP contribution is -1.77. The van der Waals surface area contributed by atoms with Gasteiger partial charge in [0.1, 0.15) is 5.76 Å². The van der Waals surface area contributed by atoms with Gasteiger partial charge in [-0.1, -0.05) is 18.2 Å². The molecule has 1 aromatic carbocycles. The van der Waals surface area contributed by atoms with Crippen molar-refractivity contribution in [2.75, 3.05) is 0 Å². The van der Waals surface area contributed by atoms with E-state index in [0.717, 1.165) is 10.9 Å². The van der Waals surface area contributed by atoms with Gasteiger partial charge in [0.05, 0.1) is 5.69 Å². The van der Waals surface area contributed by atoms with Crippen molar-refractivity contribution >= 4 is 28.3 Å². The maximum Gasteiger partial charge on any atom is 0.131 e. The predicted molar refractivity (Wildman–Crippen MR) is 55.0 cm³/mol. The monoisotopic (exact) mass is 193 g/mol. The Morgan fingerprint density at radius 3 is 2.85 bits per heavy atom. The van der Waals surface area contributed by atoms with E-state index in [1.165, 1.54) is 0 Å². The van der Waals surface area contributed by atoms with Gasteiger partial charge in [0.15, 0.2) is 0 Å². The minimum absolute atomic E-state index is 0.0346. The molecule has 0 aliphatic carbocycles. The predicted octanol–water partition coefficient (Wildman–Crippen LogP) is 3.35. The zero-order chi connectivity index (χ0) is 9.42. The summed E-state index contributed by atoms with van der Waals surface area (Å²) in [6, 6.07) is 7.30. The molecule has 2 N–H and O–H groups in total. The quantitative estimate of drug-likeness (QED) is 0.670. The molecular formula is C10H8ClNO. The van der Waals surface area contributed by atoms with Crippen LogP contribution in [-0.4, -0.2) is 10.1 Å². The Bertz CT molecular complexity index is 473. The number of hydrogen-bond acceptors (Lipinski definition) is 1. The number of aromatic amines is 1. The summed E-state index contributed by atoms with van der Waals surface area (Å²) >= 11 is 5.81. The highest BCUT2D eigenvalue weighted by molar-refractivity contribution is 6.31. The largest absolute Gasteiger partial charge is 0.506 e. The minimum atomic E-state index is 0.0346. The standard InChI is InChI=1S/C10H8ClNO/c1-6(13)10-5-7-4-8(11)2-3-9(7)12-10/h2-5,12-13H,1H2. The molecule has 0 saturated carbocycles. The lowest BCUT2D eigenvalue weighted by molar-refractivity contribution is 0.511. The van der Waals surface area contributed by atoms with Crippen molar-refractivity contribution in [3.63, 3.8) is 0 Å². The maximum absolute atomic E-state index is 9.14. The molecule has 1 aromatic heterocycles. The minimum Gasteiger partial charge on any atom is -0.506 e. The number of hydrogen-bond donors (Lipinski definition) is 2. The molecule has 2 rings (SSSR count). The summed E-state index contributed by atoms with van der Waals surface area (Å²) in [5, 5.41) is 10.8. The van der Waals surface area contributed by atoms with Gasteiger partial charge in [-0.15, -0.1) is 0 Å². The second-order valence-corrected chi connectivity index (χ2v) is 3.30. The van der Waals surface area contributed by atoms with Gasteiger partial charge in [0.25, 0.3) is 0 Å². The van der Waals surface area contributed by atoms with Gasteiger partial charge in [-0.3, -0.25) is 0 Å². The fourth-order valence-electron chi connectivity index (χ4n) is 1.26. The van der Waals surface area contributed by atoms with Crippen LogP contribution in [0.15, 0.2) is 30.8 Å². The second kappa shape index (κ2) is 2.82. The molecule has 0 amide bonds. The molecule has 0 aliphatic rings. The first-order chi connectivity index (χ1) is 6.16. The van der Waals surface area contributed by atoms with E-state index in [9.17, 15) is 0 Å². The first-order valence-electron chi connectivity index (χ1n) is 3.83. The zero-order valence-corrected chi connectivity index (χ0v) is 7.60. The molecular weight excluding hydrogens is 186 g/mol. The van der Waals surface area contributed by atoms with Crippen molar-refractivity contribution in [1.82, 2.24) is 4.98 Å². The SMILES string of the molecule is C=C(O)c1cc2cc(Cl)ccc2[nH]1. The first-order valence-corrected chi connectivity index (χ1v) is 4.21. The third kappa shape index (κ3) is 1.40. The van der Waals surface area contributed by atoms with Crippen LogP contribution in [0, 0.1) is 0 Å². The molecule has 0 radical (unpaired) electrons. The Hall–Kier alpha value is -1.41. The summed E-state index contributed by atoms with van der Waals surface area (Å²) in [4.78, 5) is 3.01. The number of rotatable bonds is 1. The molecule has 1 heterocycles. The van der Waals surface area contributed by atoms with E-state index < -0.39 is 0 Å². The van der Waals surface area contributed by atoms with E-state index in [1.807, 2.05) is 18.2 Å². The summed E-state index contributed by atoms with van der Waals surface area (Å²) in [5.74, 6) is 0.0346. The molecule has 0 spiro atoms. The van der Waals surface area contributed by atoms with Crippen molar-refractivity contribution in [3.05, 3.63) is 41.6 Å². The maximum atomic E-state index is 9.14. The molecule has 2 aromatic rings. The van der Waals surface area contributed by atoms with Gasteiger partial charge in [-0.25, -0.2) is 0 Å². The van der Waals surface area contributed by atoms with Crippen LogP contribution in [0.4, 0.5) is 0 Å². The van der Waals surface area contributed by atoms with Gasteiger partial charge in [-0.05, 0) is 24.3 Å². The molecule has 0 aliphatic heterocycles. The average Bonchev–Trinajstić information content (AvgIpc) is 2.46. The van der Waals surface area contributed by atoms with Crippen molar-refractivity contribution in [1.29, 1.82) is 0 Å². The number of aromatic nitrogens is 1. The van der Waals surface area contributed by atoms with Crippen LogP contribution in [0.3, 0.4) is 0 Å². The Labute approximate surface area is 80.5 Å². The Morgan fingerprint density at radius 1 is 1.38 bits per heavy atom. The summed E-state index contributed by atoms with van der Waals surface area (Å²) in [7, 11) is 0. The molecule has 2 nitrogen and oxygen atoms in total. The number of H-pyrrole nitrogens is 1. The molecule has 0 atom stereocenters. The van der Waals surface area contributed by atoms with Crippen LogP contribution in [0.1, 0.15) is 5.69 Å². The molecule has 0 fully saturated rings. The van der Waals surface area contributed by atoms with Crippen LogP contribution in [0.2, 0.25) is 5.02 Å². The van der Waals surface area contributed by atoms with E-state index >= 15 is 0 Å². The highest BCUT2D eigenvalue weighted by Crippen LogP contribution is 2.21. The second-order valence-electron chi connectivity index (χ2n) is 2.86. The van der Waals surface area contributed by atoms with Crippen molar-refractivity contribution in [2.24, 2.45) is 0 Å². The van der Waals surface area contributed by atoms with E-state index in [-0.39, 0.29) is 5.76 Å². The summed E-state index contributed by atoms with van der Waals surface area (Å²) in [6.45, 7) is 3.43. The van der Waals surface area contributed by atoms with E-state index in [2.05, 4.69) is 11.6 Å². The molecule has 3 heteroatoms. The van der Waals surface area contributed by atoms with Gasteiger partial charge < -0.3 is 10.1 Å². The van der Waals surface area contributed by atoms with Gasteiger partial charge >= 0.3 is 0 Å². The fraction of sp³-hybridized carbons (Fsp3) is 0. The Kier molecular flexibility index (Phi) is 1.78. The van der Waals surface area contributed by atoms with E-state index in [4.69, 9.17) is 16.7 Å². The van der Waals surface area contributed by atoms with Crippen LogP contribution in [0.5, 0.6) is 0 Å². The van der Waals surface area contributed by atoms with Crippen LogP contribution >= 0.6 is 11.6 Å². The van der Waals surface area contributed by atoms with Crippen molar-refractivity contribution in [3.8, 4) is 0 Å². The highest BCUT2D eigenvalue weighted by atomic mass is 35.5. The first kappa shape index (κ1) is 8.20. The fourth-order valence-corrected chi connectivity index (χ4v) is 1.44. The molecule has 13 heavy (non-hydrogen) atoms. The lowest BCUT2D eigenvalue weighted by Gasteiger charge is -1.89. The van der Waals surface area contributed by atoms with Crippen LogP contribution in [-0.2, 0) is 0 Å². The zero-order valence-electron chi connectivity index (χ0n) is 6.84. The van der Waals surface area contributed by atoms with Crippen molar-refractivity contribution < 1.29 is 5.11 Å². The molecule has 0 unspecified atom stereocenters.